The summed E-state index contributed by atoms with van der Waals surface area (Å²) in [4.78, 5) is 17.2. The Morgan fingerprint density at radius 2 is 1.59 bits per heavy atom. The van der Waals surface area contributed by atoms with Gasteiger partial charge in [0.25, 0.3) is 5.91 Å². The normalized spacial score (nSPS) is 33.9. The zero-order valence-corrected chi connectivity index (χ0v) is 19.9. The molecule has 5 saturated carbocycles. The quantitative estimate of drug-likeness (QED) is 0.580. The van der Waals surface area contributed by atoms with E-state index in [-0.39, 0.29) is 12.0 Å². The summed E-state index contributed by atoms with van der Waals surface area (Å²) in [5.41, 5.74) is 0.747. The van der Waals surface area contributed by atoms with E-state index in [1.807, 2.05) is 42.5 Å². The lowest BCUT2D eigenvalue weighted by atomic mass is 9.54. The molecule has 0 unspecified atom stereocenters. The van der Waals surface area contributed by atoms with E-state index in [0.717, 1.165) is 55.4 Å². The minimum Gasteiger partial charge on any atom is -0.490 e. The maximum absolute atomic E-state index is 13.0. The number of nitrogens with zero attached hydrogens (tertiary/aromatic N) is 1. The number of carbonyl (C=O) groups is 1. The SMILES string of the molecule is O=C(NC1C2CC3CC(C2)CC1C3)c1ccc(OC2CCC(COc3ccccn3)CC2)cc1. The lowest BCUT2D eigenvalue weighted by Gasteiger charge is -2.54. The molecule has 1 heterocycles. The van der Waals surface area contributed by atoms with E-state index in [0.29, 0.717) is 29.7 Å². The Morgan fingerprint density at radius 1 is 0.882 bits per heavy atom. The van der Waals surface area contributed by atoms with Crippen LogP contribution in [0, 0.1) is 29.6 Å². The molecule has 5 fully saturated rings. The Bertz CT molecular complexity index is 941. The number of benzene rings is 1. The van der Waals surface area contributed by atoms with Crippen molar-refractivity contribution < 1.29 is 14.3 Å². The average Bonchev–Trinajstić information content (AvgIpc) is 2.86. The van der Waals surface area contributed by atoms with Gasteiger partial charge in [-0.15, -0.1) is 0 Å². The minimum absolute atomic E-state index is 0.0810. The van der Waals surface area contributed by atoms with Gasteiger partial charge in [0.1, 0.15) is 5.75 Å². The predicted molar refractivity (Wildman–Crippen MR) is 131 cm³/mol. The third-order valence-electron chi connectivity index (χ3n) is 8.84. The van der Waals surface area contributed by atoms with Crippen LogP contribution in [0.3, 0.4) is 0 Å². The maximum atomic E-state index is 13.0. The van der Waals surface area contributed by atoms with Gasteiger partial charge in [0.15, 0.2) is 0 Å². The van der Waals surface area contributed by atoms with Crippen molar-refractivity contribution in [1.29, 1.82) is 0 Å². The summed E-state index contributed by atoms with van der Waals surface area (Å²) in [6.45, 7) is 0.720. The summed E-state index contributed by atoms with van der Waals surface area (Å²) in [5.74, 6) is 5.45. The molecule has 0 aliphatic heterocycles. The lowest BCUT2D eigenvalue weighted by molar-refractivity contribution is -0.0119. The van der Waals surface area contributed by atoms with Crippen molar-refractivity contribution in [3.8, 4) is 11.6 Å². The minimum atomic E-state index is 0.0810. The number of hydrogen-bond acceptors (Lipinski definition) is 4. The monoisotopic (exact) mass is 460 g/mol. The van der Waals surface area contributed by atoms with Crippen molar-refractivity contribution in [3.63, 3.8) is 0 Å². The molecule has 34 heavy (non-hydrogen) atoms. The Balaban J connectivity index is 0.964. The van der Waals surface area contributed by atoms with Crippen molar-refractivity contribution in [3.05, 3.63) is 54.2 Å². The second-order valence-electron chi connectivity index (χ2n) is 11.2. The van der Waals surface area contributed by atoms with Crippen molar-refractivity contribution in [2.45, 2.75) is 69.9 Å². The van der Waals surface area contributed by atoms with Crippen LogP contribution in [-0.2, 0) is 0 Å². The summed E-state index contributed by atoms with van der Waals surface area (Å²) < 4.78 is 12.1. The first-order valence-corrected chi connectivity index (χ1v) is 13.3. The van der Waals surface area contributed by atoms with Crippen LogP contribution >= 0.6 is 0 Å². The molecule has 2 aromatic rings. The first-order valence-electron chi connectivity index (χ1n) is 13.3. The number of rotatable bonds is 7. The average molecular weight is 461 g/mol. The Kier molecular flexibility index (Phi) is 6.19. The molecule has 5 aliphatic rings. The van der Waals surface area contributed by atoms with Crippen molar-refractivity contribution >= 4 is 5.91 Å². The first-order chi connectivity index (χ1) is 16.7. The van der Waals surface area contributed by atoms with Crippen LogP contribution in [0.15, 0.2) is 48.7 Å². The van der Waals surface area contributed by atoms with Gasteiger partial charge >= 0.3 is 0 Å². The number of ether oxygens (including phenoxy) is 2. The fraction of sp³-hybridized carbons (Fsp3) is 0.586. The van der Waals surface area contributed by atoms with Gasteiger partial charge < -0.3 is 14.8 Å². The Hall–Kier alpha value is -2.56. The molecule has 1 N–H and O–H groups in total. The highest BCUT2D eigenvalue weighted by Gasteiger charge is 2.48. The van der Waals surface area contributed by atoms with Crippen molar-refractivity contribution in [1.82, 2.24) is 10.3 Å². The fourth-order valence-electron chi connectivity index (χ4n) is 7.32. The lowest BCUT2D eigenvalue weighted by Crippen LogP contribution is -2.55. The summed E-state index contributed by atoms with van der Waals surface area (Å²) in [6.07, 6.45) is 13.0. The maximum Gasteiger partial charge on any atom is 0.251 e. The van der Waals surface area contributed by atoms with E-state index < -0.39 is 0 Å². The molecule has 180 valence electrons. The van der Waals surface area contributed by atoms with Crippen LogP contribution in [0.1, 0.15) is 68.1 Å². The molecule has 0 saturated heterocycles. The molecule has 1 aromatic heterocycles. The number of nitrogens with one attached hydrogen (secondary N) is 1. The van der Waals surface area contributed by atoms with Gasteiger partial charge in [-0.05, 0) is 118 Å². The van der Waals surface area contributed by atoms with E-state index in [2.05, 4.69) is 10.3 Å². The second-order valence-corrected chi connectivity index (χ2v) is 11.2. The van der Waals surface area contributed by atoms with Crippen LogP contribution in [-0.4, -0.2) is 29.6 Å². The van der Waals surface area contributed by atoms with Crippen molar-refractivity contribution in [2.75, 3.05) is 6.61 Å². The highest BCUT2D eigenvalue weighted by Crippen LogP contribution is 2.53. The van der Waals surface area contributed by atoms with Gasteiger partial charge in [-0.1, -0.05) is 6.07 Å². The molecular weight excluding hydrogens is 424 g/mol. The standard InChI is InChI=1S/C29H36N2O3/c32-29(31-28-23-14-20-13-21(16-23)17-24(28)15-20)22-6-10-26(11-7-22)34-25-8-4-19(5-9-25)18-33-27-3-1-2-12-30-27/h1-3,6-7,10-12,19-21,23-25,28H,4-5,8-9,13-18H2,(H,31,32). The zero-order chi connectivity index (χ0) is 22.9. The molecule has 0 spiro atoms. The first kappa shape index (κ1) is 21.9. The number of carbonyl (C=O) groups excluding carboxylic acids is 1. The van der Waals surface area contributed by atoms with E-state index in [4.69, 9.17) is 9.47 Å². The van der Waals surface area contributed by atoms with Crippen LogP contribution in [0.2, 0.25) is 0 Å². The smallest absolute Gasteiger partial charge is 0.251 e. The fourth-order valence-corrected chi connectivity index (χ4v) is 7.32. The Morgan fingerprint density at radius 3 is 2.24 bits per heavy atom. The van der Waals surface area contributed by atoms with Crippen LogP contribution in [0.4, 0.5) is 0 Å². The largest absolute Gasteiger partial charge is 0.490 e. The summed E-state index contributed by atoms with van der Waals surface area (Å²) >= 11 is 0. The second kappa shape index (κ2) is 9.59. The van der Waals surface area contributed by atoms with E-state index in [1.165, 1.54) is 32.1 Å². The Labute approximate surface area is 202 Å². The molecule has 5 aliphatic carbocycles. The van der Waals surface area contributed by atoms with Gasteiger partial charge in [0.2, 0.25) is 5.88 Å². The van der Waals surface area contributed by atoms with Gasteiger partial charge in [0.05, 0.1) is 12.7 Å². The van der Waals surface area contributed by atoms with Gasteiger partial charge in [0, 0.05) is 23.9 Å². The summed E-state index contributed by atoms with van der Waals surface area (Å²) in [7, 11) is 0. The van der Waals surface area contributed by atoms with Gasteiger partial charge in [-0.2, -0.15) is 0 Å². The summed E-state index contributed by atoms with van der Waals surface area (Å²) in [5, 5.41) is 3.41. The molecule has 4 bridgehead atoms. The van der Waals surface area contributed by atoms with Crippen LogP contribution in [0.25, 0.3) is 0 Å². The molecule has 5 nitrogen and oxygen atoms in total. The van der Waals surface area contributed by atoms with Crippen LogP contribution < -0.4 is 14.8 Å². The molecular formula is C29H36N2O3. The highest BCUT2D eigenvalue weighted by molar-refractivity contribution is 5.94. The van der Waals surface area contributed by atoms with Crippen molar-refractivity contribution in [2.24, 2.45) is 29.6 Å². The number of aromatic nitrogens is 1. The van der Waals surface area contributed by atoms with E-state index in [1.54, 1.807) is 6.20 Å². The molecule has 5 heteroatoms. The van der Waals surface area contributed by atoms with E-state index >= 15 is 0 Å². The van der Waals surface area contributed by atoms with Gasteiger partial charge in [-0.25, -0.2) is 4.98 Å². The molecule has 0 atom stereocenters. The van der Waals surface area contributed by atoms with Crippen LogP contribution in [0.5, 0.6) is 11.6 Å². The molecule has 1 amide bonds. The third-order valence-corrected chi connectivity index (χ3v) is 8.84. The number of hydrogen-bond donors (Lipinski definition) is 1. The van der Waals surface area contributed by atoms with Gasteiger partial charge in [-0.3, -0.25) is 4.79 Å². The molecule has 1 aromatic carbocycles. The van der Waals surface area contributed by atoms with E-state index in [9.17, 15) is 4.79 Å². The topological polar surface area (TPSA) is 60.5 Å². The summed E-state index contributed by atoms with van der Waals surface area (Å²) in [6, 6.07) is 13.9. The third kappa shape index (κ3) is 4.80. The molecule has 0 radical (unpaired) electrons. The predicted octanol–water partition coefficient (Wildman–Crippen LogP) is 5.65. The highest BCUT2D eigenvalue weighted by atomic mass is 16.5. The number of pyridine rings is 1. The number of amides is 1. The molecule has 7 rings (SSSR count). The zero-order valence-electron chi connectivity index (χ0n) is 19.9.